The highest BCUT2D eigenvalue weighted by Crippen LogP contribution is 2.26. The monoisotopic (exact) mass is 381 g/mol. The highest BCUT2D eigenvalue weighted by Gasteiger charge is 2.24. The molecule has 0 unspecified atom stereocenters. The summed E-state index contributed by atoms with van der Waals surface area (Å²) in [6.07, 6.45) is 2.84. The molecule has 1 atom stereocenters. The van der Waals surface area contributed by atoms with Gasteiger partial charge in [0.25, 0.3) is 0 Å². The number of benzene rings is 2. The fraction of sp³-hybridized carbons (Fsp3) is 0.435. The van der Waals surface area contributed by atoms with Gasteiger partial charge >= 0.3 is 0 Å². The van der Waals surface area contributed by atoms with E-state index in [2.05, 4.69) is 39.4 Å². The van der Waals surface area contributed by atoms with Gasteiger partial charge in [-0.15, -0.1) is 0 Å². The number of nitrogens with zero attached hydrogens (tertiary/aromatic N) is 2. The summed E-state index contributed by atoms with van der Waals surface area (Å²) in [6, 6.07) is 16.6. The molecule has 5 nitrogen and oxygen atoms in total. The number of methoxy groups -OCH3 is 1. The second-order valence-corrected chi connectivity index (χ2v) is 7.57. The third-order valence-corrected chi connectivity index (χ3v) is 5.39. The highest BCUT2D eigenvalue weighted by atomic mass is 16.5. The number of carbonyl (C=O) groups is 1. The molecule has 28 heavy (non-hydrogen) atoms. The van der Waals surface area contributed by atoms with Crippen molar-refractivity contribution in [2.75, 3.05) is 45.7 Å². The van der Waals surface area contributed by atoms with Crippen molar-refractivity contribution in [1.82, 2.24) is 10.2 Å². The van der Waals surface area contributed by atoms with Crippen LogP contribution in [0.2, 0.25) is 0 Å². The number of ether oxygens (including phenoxy) is 1. The van der Waals surface area contributed by atoms with Gasteiger partial charge < -0.3 is 15.0 Å². The predicted molar refractivity (Wildman–Crippen MR) is 114 cm³/mol. The maximum atomic E-state index is 12.5. The Morgan fingerprint density at radius 1 is 1.07 bits per heavy atom. The van der Waals surface area contributed by atoms with Crippen LogP contribution in [-0.4, -0.2) is 51.6 Å². The quantitative estimate of drug-likeness (QED) is 0.762. The predicted octanol–water partition coefficient (Wildman–Crippen LogP) is 3.26. The molecule has 1 aliphatic rings. The van der Waals surface area contributed by atoms with Crippen LogP contribution in [0.15, 0.2) is 48.5 Å². The molecule has 0 bridgehead atoms. The van der Waals surface area contributed by atoms with E-state index in [4.69, 9.17) is 4.74 Å². The van der Waals surface area contributed by atoms with Gasteiger partial charge in [-0.1, -0.05) is 24.3 Å². The van der Waals surface area contributed by atoms with Gasteiger partial charge in [0.2, 0.25) is 5.91 Å². The van der Waals surface area contributed by atoms with Crippen molar-refractivity contribution >= 4 is 11.6 Å². The largest absolute Gasteiger partial charge is 0.497 e. The Balaban J connectivity index is 1.63. The van der Waals surface area contributed by atoms with Gasteiger partial charge in [0.1, 0.15) is 5.75 Å². The average Bonchev–Trinajstić information content (AvgIpc) is 3.23. The summed E-state index contributed by atoms with van der Waals surface area (Å²) >= 11 is 0. The van der Waals surface area contributed by atoms with E-state index in [0.717, 1.165) is 24.4 Å². The van der Waals surface area contributed by atoms with Crippen LogP contribution in [0.25, 0.3) is 0 Å². The van der Waals surface area contributed by atoms with Gasteiger partial charge in [-0.3, -0.25) is 9.69 Å². The number of carbonyl (C=O) groups excluding carboxylic acids is 1. The second kappa shape index (κ2) is 9.60. The number of hydrogen-bond donors (Lipinski definition) is 1. The first kappa shape index (κ1) is 20.2. The summed E-state index contributed by atoms with van der Waals surface area (Å²) in [7, 11) is 5.74. The first-order valence-electron chi connectivity index (χ1n) is 9.98. The number of hydrogen-bond acceptors (Lipinski definition) is 4. The van der Waals surface area contributed by atoms with Gasteiger partial charge in [0.05, 0.1) is 19.6 Å². The molecule has 1 aliphatic heterocycles. The topological polar surface area (TPSA) is 44.8 Å². The van der Waals surface area contributed by atoms with Crippen LogP contribution in [-0.2, 0) is 11.2 Å². The summed E-state index contributed by atoms with van der Waals surface area (Å²) in [5.74, 6) is 0.860. The van der Waals surface area contributed by atoms with Crippen molar-refractivity contribution in [2.45, 2.75) is 25.3 Å². The molecule has 1 N–H and O–H groups in total. The molecule has 0 aliphatic carbocycles. The number of amides is 1. The molecule has 0 saturated carbocycles. The summed E-state index contributed by atoms with van der Waals surface area (Å²) in [4.78, 5) is 17.1. The standard InChI is InChI=1S/C23H31N3O2/c1-25(2)20-10-8-19(9-11-20)22(26-14-4-5-15-26)17-24-23(27)16-18-6-12-21(28-3)13-7-18/h6-13,22H,4-5,14-17H2,1-3H3,(H,24,27)/t22-/m1/s1. The van der Waals surface area contributed by atoms with Crippen LogP contribution in [0.3, 0.4) is 0 Å². The van der Waals surface area contributed by atoms with Gasteiger partial charge in [0, 0.05) is 26.3 Å². The molecule has 1 amide bonds. The number of rotatable bonds is 8. The van der Waals surface area contributed by atoms with Gasteiger partial charge in [-0.05, 0) is 61.3 Å². The molecule has 1 saturated heterocycles. The van der Waals surface area contributed by atoms with E-state index >= 15 is 0 Å². The third-order valence-electron chi connectivity index (χ3n) is 5.39. The Morgan fingerprint density at radius 3 is 2.29 bits per heavy atom. The summed E-state index contributed by atoms with van der Waals surface area (Å²) < 4.78 is 5.17. The van der Waals surface area contributed by atoms with Crippen LogP contribution in [0.5, 0.6) is 5.75 Å². The maximum Gasteiger partial charge on any atom is 0.224 e. The van der Waals surface area contributed by atoms with E-state index in [-0.39, 0.29) is 11.9 Å². The number of nitrogens with one attached hydrogen (secondary N) is 1. The highest BCUT2D eigenvalue weighted by molar-refractivity contribution is 5.78. The fourth-order valence-electron chi connectivity index (χ4n) is 3.71. The molecule has 150 valence electrons. The van der Waals surface area contributed by atoms with Crippen LogP contribution < -0.4 is 15.0 Å². The lowest BCUT2D eigenvalue weighted by Crippen LogP contribution is -2.37. The van der Waals surface area contributed by atoms with Gasteiger partial charge in [0.15, 0.2) is 0 Å². The van der Waals surface area contributed by atoms with Gasteiger partial charge in [-0.2, -0.15) is 0 Å². The lowest BCUT2D eigenvalue weighted by Gasteiger charge is -2.28. The minimum atomic E-state index is 0.0549. The zero-order chi connectivity index (χ0) is 19.9. The molecule has 0 spiro atoms. The van der Waals surface area contributed by atoms with E-state index in [1.807, 2.05) is 38.4 Å². The molecule has 2 aromatic carbocycles. The van der Waals surface area contributed by atoms with Gasteiger partial charge in [-0.25, -0.2) is 0 Å². The fourth-order valence-corrected chi connectivity index (χ4v) is 3.71. The van der Waals surface area contributed by atoms with Crippen molar-refractivity contribution < 1.29 is 9.53 Å². The van der Waals surface area contributed by atoms with Crippen LogP contribution in [0.4, 0.5) is 5.69 Å². The molecule has 1 fully saturated rings. The van der Waals surface area contributed by atoms with Crippen LogP contribution in [0.1, 0.15) is 30.0 Å². The number of anilines is 1. The molecular weight excluding hydrogens is 350 g/mol. The summed E-state index contributed by atoms with van der Waals surface area (Å²) in [5, 5.41) is 3.15. The summed E-state index contributed by atoms with van der Waals surface area (Å²) in [5.41, 5.74) is 3.44. The third kappa shape index (κ3) is 5.26. The Labute approximate surface area is 168 Å². The molecule has 0 radical (unpaired) electrons. The zero-order valence-corrected chi connectivity index (χ0v) is 17.1. The molecule has 3 rings (SSSR count). The van der Waals surface area contributed by atoms with E-state index < -0.39 is 0 Å². The second-order valence-electron chi connectivity index (χ2n) is 7.57. The van der Waals surface area contributed by atoms with Crippen LogP contribution in [0, 0.1) is 0 Å². The van der Waals surface area contributed by atoms with E-state index in [0.29, 0.717) is 13.0 Å². The first-order chi connectivity index (χ1) is 13.6. The van der Waals surface area contributed by atoms with Crippen molar-refractivity contribution in [3.63, 3.8) is 0 Å². The normalized spacial score (nSPS) is 15.2. The van der Waals surface area contributed by atoms with E-state index in [1.165, 1.54) is 24.1 Å². The molecule has 2 aromatic rings. The lowest BCUT2D eigenvalue weighted by molar-refractivity contribution is -0.120. The minimum Gasteiger partial charge on any atom is -0.497 e. The Hall–Kier alpha value is -2.53. The SMILES string of the molecule is COc1ccc(CC(=O)NC[C@H](c2ccc(N(C)C)cc2)N2CCCC2)cc1. The Morgan fingerprint density at radius 2 is 1.71 bits per heavy atom. The lowest BCUT2D eigenvalue weighted by atomic mass is 10.0. The first-order valence-corrected chi connectivity index (χ1v) is 9.98. The minimum absolute atomic E-state index is 0.0549. The average molecular weight is 382 g/mol. The van der Waals surface area contributed by atoms with Crippen molar-refractivity contribution in [1.29, 1.82) is 0 Å². The molecular formula is C23H31N3O2. The number of likely N-dealkylation sites (tertiary alicyclic amines) is 1. The van der Waals surface area contributed by atoms with Crippen molar-refractivity contribution in [2.24, 2.45) is 0 Å². The van der Waals surface area contributed by atoms with Crippen LogP contribution >= 0.6 is 0 Å². The zero-order valence-electron chi connectivity index (χ0n) is 17.1. The Kier molecular flexibility index (Phi) is 6.93. The Bertz CT molecular complexity index is 750. The maximum absolute atomic E-state index is 12.5. The van der Waals surface area contributed by atoms with E-state index in [9.17, 15) is 4.79 Å². The molecule has 5 heteroatoms. The molecule has 0 aromatic heterocycles. The molecule has 1 heterocycles. The smallest absolute Gasteiger partial charge is 0.224 e. The van der Waals surface area contributed by atoms with Crippen molar-refractivity contribution in [3.05, 3.63) is 59.7 Å². The van der Waals surface area contributed by atoms with E-state index in [1.54, 1.807) is 7.11 Å². The van der Waals surface area contributed by atoms with Crippen molar-refractivity contribution in [3.8, 4) is 5.75 Å². The summed E-state index contributed by atoms with van der Waals surface area (Å²) in [6.45, 7) is 2.82.